The van der Waals surface area contributed by atoms with E-state index in [1.807, 2.05) is 30.3 Å². The minimum Gasteiger partial charge on any atom is -0.479 e. The largest absolute Gasteiger partial charge is 0.479 e. The van der Waals surface area contributed by atoms with Crippen molar-refractivity contribution >= 4 is 29.2 Å². The molecule has 2 aliphatic rings. The zero-order valence-electron chi connectivity index (χ0n) is 13.5. The lowest BCUT2D eigenvalue weighted by Gasteiger charge is -2.27. The van der Waals surface area contributed by atoms with Crippen molar-refractivity contribution in [3.8, 4) is 0 Å². The number of carboxylic acids is 1. The number of thiophene rings is 1. The Morgan fingerprint density at radius 3 is 2.69 bits per heavy atom. The first-order valence-electron chi connectivity index (χ1n) is 7.90. The lowest BCUT2D eigenvalue weighted by molar-refractivity contribution is -0.143. The molecule has 8 nitrogen and oxygen atoms in total. The standard InChI is InChI=1S/C17H15N3O5S/c18-15(21)12-6-10-11-7-19(13(16(22)23)14(10)26-12)17(24)20(11)25-8-9-4-2-1-3-5-9/h1-6,11,13H,7-8H2,(H2,18,21)(H,22,23)/t11-,13?/m1/s1. The lowest BCUT2D eigenvalue weighted by Crippen LogP contribution is -2.37. The maximum Gasteiger partial charge on any atom is 0.345 e. The van der Waals surface area contributed by atoms with Crippen LogP contribution in [0.15, 0.2) is 36.4 Å². The molecule has 3 heterocycles. The fraction of sp³-hybridized carbons (Fsp3) is 0.235. The Hall–Kier alpha value is -2.91. The van der Waals surface area contributed by atoms with E-state index in [9.17, 15) is 19.5 Å². The molecular formula is C17H15N3O5S. The van der Waals surface area contributed by atoms with Crippen molar-refractivity contribution in [2.24, 2.45) is 5.73 Å². The number of aliphatic carboxylic acids is 1. The number of amides is 3. The van der Waals surface area contributed by atoms with Crippen LogP contribution in [0.5, 0.6) is 0 Å². The molecule has 1 aromatic carbocycles. The molecule has 0 saturated carbocycles. The van der Waals surface area contributed by atoms with E-state index >= 15 is 0 Å². The second kappa shape index (κ2) is 6.11. The van der Waals surface area contributed by atoms with Gasteiger partial charge >= 0.3 is 12.0 Å². The molecule has 3 N–H and O–H groups in total. The number of carbonyl (C=O) groups is 3. The van der Waals surface area contributed by atoms with Gasteiger partial charge in [-0.3, -0.25) is 9.63 Å². The van der Waals surface area contributed by atoms with Crippen molar-refractivity contribution in [3.05, 3.63) is 57.3 Å². The molecule has 1 saturated heterocycles. The van der Waals surface area contributed by atoms with E-state index < -0.39 is 30.0 Å². The summed E-state index contributed by atoms with van der Waals surface area (Å²) in [6, 6.07) is 8.80. The number of nitrogens with zero attached hydrogens (tertiary/aromatic N) is 2. The van der Waals surface area contributed by atoms with Gasteiger partial charge in [0.25, 0.3) is 5.91 Å². The second-order valence-electron chi connectivity index (χ2n) is 6.07. The Balaban J connectivity index is 1.68. The average molecular weight is 373 g/mol. The van der Waals surface area contributed by atoms with Gasteiger partial charge in [-0.1, -0.05) is 30.3 Å². The van der Waals surface area contributed by atoms with E-state index in [2.05, 4.69) is 0 Å². The van der Waals surface area contributed by atoms with Crippen LogP contribution in [0.2, 0.25) is 0 Å². The monoisotopic (exact) mass is 373 g/mol. The maximum absolute atomic E-state index is 12.7. The van der Waals surface area contributed by atoms with Crippen molar-refractivity contribution < 1.29 is 24.3 Å². The van der Waals surface area contributed by atoms with Gasteiger partial charge in [0.1, 0.15) is 12.6 Å². The summed E-state index contributed by atoms with van der Waals surface area (Å²) in [5.74, 6) is -1.77. The molecule has 1 fully saturated rings. The third kappa shape index (κ3) is 2.52. The highest BCUT2D eigenvalue weighted by molar-refractivity contribution is 7.14. The summed E-state index contributed by atoms with van der Waals surface area (Å²) in [5.41, 5.74) is 6.83. The van der Waals surface area contributed by atoms with E-state index in [1.54, 1.807) is 6.07 Å². The molecule has 2 bridgehead atoms. The first kappa shape index (κ1) is 16.6. The molecule has 4 rings (SSSR count). The normalized spacial score (nSPS) is 21.0. The van der Waals surface area contributed by atoms with Gasteiger partial charge < -0.3 is 15.7 Å². The van der Waals surface area contributed by atoms with Crippen molar-refractivity contribution in [1.82, 2.24) is 9.96 Å². The number of hydrogen-bond donors (Lipinski definition) is 2. The Kier molecular flexibility index (Phi) is 3.89. The first-order chi connectivity index (χ1) is 12.5. The molecule has 134 valence electrons. The number of rotatable bonds is 5. The molecule has 9 heteroatoms. The molecule has 0 spiro atoms. The van der Waals surface area contributed by atoms with Crippen LogP contribution < -0.4 is 5.73 Å². The number of fused-ring (bicyclic) bond motifs is 4. The predicted molar refractivity (Wildman–Crippen MR) is 91.1 cm³/mol. The van der Waals surface area contributed by atoms with Crippen LogP contribution in [0.3, 0.4) is 0 Å². The molecule has 2 aliphatic heterocycles. The van der Waals surface area contributed by atoms with Crippen LogP contribution in [0.25, 0.3) is 0 Å². The second-order valence-corrected chi connectivity index (χ2v) is 7.15. The van der Waals surface area contributed by atoms with Gasteiger partial charge in [0.05, 0.1) is 11.4 Å². The van der Waals surface area contributed by atoms with Gasteiger partial charge in [0, 0.05) is 4.88 Å². The number of urea groups is 1. The van der Waals surface area contributed by atoms with E-state index in [0.29, 0.717) is 10.4 Å². The summed E-state index contributed by atoms with van der Waals surface area (Å²) in [4.78, 5) is 43.6. The summed E-state index contributed by atoms with van der Waals surface area (Å²) in [7, 11) is 0. The molecular weight excluding hydrogens is 358 g/mol. The number of carbonyl (C=O) groups excluding carboxylic acids is 2. The van der Waals surface area contributed by atoms with Crippen LogP contribution in [-0.2, 0) is 16.2 Å². The third-order valence-electron chi connectivity index (χ3n) is 4.49. The fourth-order valence-corrected chi connectivity index (χ4v) is 4.48. The fourth-order valence-electron chi connectivity index (χ4n) is 3.30. The van der Waals surface area contributed by atoms with Crippen molar-refractivity contribution in [2.75, 3.05) is 6.54 Å². The number of carboxylic acid groups (broad SMARTS) is 1. The topological polar surface area (TPSA) is 113 Å². The van der Waals surface area contributed by atoms with E-state index in [0.717, 1.165) is 16.9 Å². The van der Waals surface area contributed by atoms with E-state index in [-0.39, 0.29) is 18.0 Å². The molecule has 26 heavy (non-hydrogen) atoms. The van der Waals surface area contributed by atoms with Crippen molar-refractivity contribution in [2.45, 2.75) is 18.7 Å². The molecule has 2 atom stereocenters. The maximum atomic E-state index is 12.7. The summed E-state index contributed by atoms with van der Waals surface area (Å²) < 4.78 is 0. The molecule has 1 aromatic heterocycles. The smallest absolute Gasteiger partial charge is 0.345 e. The van der Waals surface area contributed by atoms with Gasteiger partial charge in [0.2, 0.25) is 0 Å². The van der Waals surface area contributed by atoms with Crippen molar-refractivity contribution in [1.29, 1.82) is 0 Å². The Labute approximate surface area is 152 Å². The Bertz CT molecular complexity index is 897. The zero-order chi connectivity index (χ0) is 18.4. The molecule has 3 amide bonds. The van der Waals surface area contributed by atoms with Crippen LogP contribution in [0.4, 0.5) is 4.79 Å². The highest BCUT2D eigenvalue weighted by Gasteiger charge is 2.52. The SMILES string of the molecule is NC(=O)c1cc2c(s1)C(C(=O)O)N1C[C@H]2N(OCc2ccccc2)C1=O. The first-order valence-corrected chi connectivity index (χ1v) is 8.72. The Morgan fingerprint density at radius 1 is 1.31 bits per heavy atom. The summed E-state index contributed by atoms with van der Waals surface area (Å²) >= 11 is 1.01. The average Bonchev–Trinajstić information content (AvgIpc) is 3.17. The summed E-state index contributed by atoms with van der Waals surface area (Å²) in [6.07, 6.45) is 0. The lowest BCUT2D eigenvalue weighted by atomic mass is 9.99. The quantitative estimate of drug-likeness (QED) is 0.831. The van der Waals surface area contributed by atoms with Gasteiger partial charge in [0.15, 0.2) is 6.04 Å². The van der Waals surface area contributed by atoms with Gasteiger partial charge in [-0.25, -0.2) is 9.59 Å². The molecule has 2 aromatic rings. The van der Waals surface area contributed by atoms with Crippen LogP contribution in [0.1, 0.15) is 37.8 Å². The number of primary amides is 1. The molecule has 0 radical (unpaired) electrons. The van der Waals surface area contributed by atoms with E-state index in [1.165, 1.54) is 9.96 Å². The number of hydrogen-bond acceptors (Lipinski definition) is 5. The highest BCUT2D eigenvalue weighted by Crippen LogP contribution is 2.47. The molecule has 0 aliphatic carbocycles. The number of nitrogens with two attached hydrogens (primary N) is 1. The minimum atomic E-state index is -1.15. The molecule has 1 unspecified atom stereocenters. The Morgan fingerprint density at radius 2 is 2.04 bits per heavy atom. The zero-order valence-corrected chi connectivity index (χ0v) is 14.3. The van der Waals surface area contributed by atoms with Crippen LogP contribution >= 0.6 is 11.3 Å². The number of hydroxylamine groups is 2. The van der Waals surface area contributed by atoms with Crippen molar-refractivity contribution in [3.63, 3.8) is 0 Å². The van der Waals surface area contributed by atoms with Gasteiger partial charge in [-0.05, 0) is 17.2 Å². The predicted octanol–water partition coefficient (Wildman–Crippen LogP) is 1.90. The van der Waals surface area contributed by atoms with Crippen LogP contribution in [0, 0.1) is 0 Å². The number of benzene rings is 1. The van der Waals surface area contributed by atoms with Gasteiger partial charge in [-0.15, -0.1) is 11.3 Å². The minimum absolute atomic E-state index is 0.177. The highest BCUT2D eigenvalue weighted by atomic mass is 32.1. The summed E-state index contributed by atoms with van der Waals surface area (Å²) in [6.45, 7) is 0.364. The third-order valence-corrected chi connectivity index (χ3v) is 5.70. The van der Waals surface area contributed by atoms with Gasteiger partial charge in [-0.2, -0.15) is 5.06 Å². The summed E-state index contributed by atoms with van der Waals surface area (Å²) in [5, 5.41) is 10.8. The van der Waals surface area contributed by atoms with E-state index in [4.69, 9.17) is 10.6 Å². The van der Waals surface area contributed by atoms with Crippen LogP contribution in [-0.4, -0.2) is 39.5 Å².